The molecule has 0 amide bonds. The Morgan fingerprint density at radius 1 is 1.29 bits per heavy atom. The van der Waals surface area contributed by atoms with Gasteiger partial charge in [0.05, 0.1) is 0 Å². The average molecular weight is 196 g/mol. The number of esters is 1. The van der Waals surface area contributed by atoms with Crippen molar-refractivity contribution in [2.75, 3.05) is 6.61 Å². The summed E-state index contributed by atoms with van der Waals surface area (Å²) in [6.07, 6.45) is 5.12. The molecule has 0 rings (SSSR count). The Kier molecular flexibility index (Phi) is 12.7. The highest BCUT2D eigenvalue weighted by molar-refractivity contribution is 5.87. The van der Waals surface area contributed by atoms with E-state index in [9.17, 15) is 4.79 Å². The van der Waals surface area contributed by atoms with Gasteiger partial charge in [-0.15, -0.1) is 6.58 Å². The van der Waals surface area contributed by atoms with E-state index in [-0.39, 0.29) is 12.6 Å². The number of carbonyl (C=O) groups is 1. The van der Waals surface area contributed by atoms with Crippen molar-refractivity contribution in [3.8, 4) is 0 Å². The van der Waals surface area contributed by atoms with Crippen LogP contribution < -0.4 is 0 Å². The monoisotopic (exact) mass is 196 g/mol. The summed E-state index contributed by atoms with van der Waals surface area (Å²) in [5.41, 5.74) is 0.502. The van der Waals surface area contributed by atoms with Crippen molar-refractivity contribution < 1.29 is 9.53 Å². The molecule has 0 spiro atoms. The first-order valence-electron chi connectivity index (χ1n) is 4.70. The van der Waals surface area contributed by atoms with Crippen molar-refractivity contribution in [2.24, 2.45) is 0 Å². The van der Waals surface area contributed by atoms with Crippen molar-refractivity contribution in [2.45, 2.75) is 26.7 Å². The van der Waals surface area contributed by atoms with E-state index >= 15 is 0 Å². The highest BCUT2D eigenvalue weighted by atomic mass is 16.5. The Morgan fingerprint density at radius 3 is 2.07 bits per heavy atom. The lowest BCUT2D eigenvalue weighted by Crippen LogP contribution is -2.05. The number of rotatable bonds is 5. The third kappa shape index (κ3) is 10.7. The quantitative estimate of drug-likeness (QED) is 0.383. The molecule has 2 heteroatoms. The van der Waals surface area contributed by atoms with Crippen molar-refractivity contribution in [1.29, 1.82) is 0 Å². The van der Waals surface area contributed by atoms with Gasteiger partial charge in [0.2, 0.25) is 0 Å². The van der Waals surface area contributed by atoms with Gasteiger partial charge in [0.25, 0.3) is 0 Å². The van der Waals surface area contributed by atoms with E-state index in [1.807, 2.05) is 13.0 Å². The summed E-state index contributed by atoms with van der Waals surface area (Å²) in [5.74, 6) is -0.331. The normalized spacial score (nSPS) is 7.86. The molecule has 0 aliphatic carbocycles. The molecule has 0 atom stereocenters. The summed E-state index contributed by atoms with van der Waals surface area (Å²) in [5, 5.41) is 0. The third-order valence-electron chi connectivity index (χ3n) is 1.34. The molecule has 0 saturated heterocycles. The lowest BCUT2D eigenvalue weighted by atomic mass is 10.2. The maximum atomic E-state index is 10.8. The van der Waals surface area contributed by atoms with Crippen LogP contribution in [0, 0.1) is 0 Å². The second kappa shape index (κ2) is 11.7. The van der Waals surface area contributed by atoms with Crippen molar-refractivity contribution in [3.05, 3.63) is 37.5 Å². The Labute approximate surface area is 87.0 Å². The fourth-order valence-electron chi connectivity index (χ4n) is 0.381. The summed E-state index contributed by atoms with van der Waals surface area (Å²) in [6, 6.07) is 0. The molecule has 80 valence electrons. The maximum Gasteiger partial charge on any atom is 0.333 e. The predicted molar refractivity (Wildman–Crippen MR) is 61.1 cm³/mol. The van der Waals surface area contributed by atoms with Gasteiger partial charge in [-0.1, -0.05) is 39.2 Å². The molecule has 0 saturated carbocycles. The molecule has 0 N–H and O–H groups in total. The zero-order valence-electron chi connectivity index (χ0n) is 9.21. The van der Waals surface area contributed by atoms with Crippen LogP contribution in [0.4, 0.5) is 0 Å². The summed E-state index contributed by atoms with van der Waals surface area (Å²) in [7, 11) is 0. The lowest BCUT2D eigenvalue weighted by Gasteiger charge is -2.00. The van der Waals surface area contributed by atoms with Crippen LogP contribution in [-0.2, 0) is 9.53 Å². The van der Waals surface area contributed by atoms with Crippen LogP contribution >= 0.6 is 0 Å². The molecular weight excluding hydrogens is 176 g/mol. The van der Waals surface area contributed by atoms with Crippen molar-refractivity contribution in [3.63, 3.8) is 0 Å². The molecule has 14 heavy (non-hydrogen) atoms. The van der Waals surface area contributed by atoms with E-state index in [0.29, 0.717) is 12.0 Å². The Morgan fingerprint density at radius 2 is 1.79 bits per heavy atom. The largest absolute Gasteiger partial charge is 0.458 e. The standard InChI is InChI=1S/C8H12O2.C4H8/c1-4-6-10-8(9)7(3)5-2;1-3-4-2/h4H,1,3,5-6H2,2H3;3H,1,4H2,2H3. The molecule has 0 aliphatic rings. The van der Waals surface area contributed by atoms with E-state index in [0.717, 1.165) is 6.42 Å². The first-order valence-corrected chi connectivity index (χ1v) is 4.70. The zero-order chi connectivity index (χ0) is 11.4. The topological polar surface area (TPSA) is 26.3 Å². The van der Waals surface area contributed by atoms with E-state index in [4.69, 9.17) is 0 Å². The van der Waals surface area contributed by atoms with Crippen LogP contribution in [0.5, 0.6) is 0 Å². The Hall–Kier alpha value is -1.31. The molecular formula is C12H20O2. The van der Waals surface area contributed by atoms with Crippen LogP contribution in [0.2, 0.25) is 0 Å². The van der Waals surface area contributed by atoms with Crippen LogP contribution in [0.1, 0.15) is 26.7 Å². The predicted octanol–water partition coefficient (Wildman–Crippen LogP) is 3.26. The first kappa shape index (κ1) is 15.2. The van der Waals surface area contributed by atoms with Gasteiger partial charge < -0.3 is 4.74 Å². The summed E-state index contributed by atoms with van der Waals surface area (Å²) >= 11 is 0. The fourth-order valence-corrected chi connectivity index (χ4v) is 0.381. The maximum absolute atomic E-state index is 10.8. The molecule has 0 bridgehead atoms. The number of carbonyl (C=O) groups excluding carboxylic acids is 1. The Balaban J connectivity index is 0. The highest BCUT2D eigenvalue weighted by Gasteiger charge is 2.03. The second-order valence-electron chi connectivity index (χ2n) is 2.54. The third-order valence-corrected chi connectivity index (χ3v) is 1.34. The van der Waals surface area contributed by atoms with Gasteiger partial charge in [0.1, 0.15) is 6.61 Å². The molecule has 0 aromatic heterocycles. The molecule has 2 nitrogen and oxygen atoms in total. The molecule has 0 fully saturated rings. The van der Waals surface area contributed by atoms with Crippen LogP contribution in [0.25, 0.3) is 0 Å². The van der Waals surface area contributed by atoms with Crippen LogP contribution in [-0.4, -0.2) is 12.6 Å². The number of allylic oxidation sites excluding steroid dienone is 1. The molecule has 0 radical (unpaired) electrons. The minimum atomic E-state index is -0.331. The number of hydrogen-bond donors (Lipinski definition) is 0. The average Bonchev–Trinajstić information content (AvgIpc) is 2.24. The molecule has 0 unspecified atom stereocenters. The molecule has 0 aromatic rings. The van der Waals surface area contributed by atoms with Crippen LogP contribution in [0.3, 0.4) is 0 Å². The number of hydrogen-bond acceptors (Lipinski definition) is 2. The molecule has 0 aliphatic heterocycles. The van der Waals surface area contributed by atoms with Gasteiger partial charge in [0, 0.05) is 5.57 Å². The van der Waals surface area contributed by atoms with Gasteiger partial charge in [-0.3, -0.25) is 0 Å². The lowest BCUT2D eigenvalue weighted by molar-refractivity contribution is -0.137. The molecule has 0 aromatic carbocycles. The second-order valence-corrected chi connectivity index (χ2v) is 2.54. The van der Waals surface area contributed by atoms with E-state index in [2.05, 4.69) is 31.4 Å². The van der Waals surface area contributed by atoms with Crippen LogP contribution in [0.15, 0.2) is 37.5 Å². The van der Waals surface area contributed by atoms with Gasteiger partial charge >= 0.3 is 5.97 Å². The van der Waals surface area contributed by atoms with Gasteiger partial charge in [-0.05, 0) is 12.8 Å². The van der Waals surface area contributed by atoms with Gasteiger partial charge in [-0.25, -0.2) is 4.79 Å². The highest BCUT2D eigenvalue weighted by Crippen LogP contribution is 1.98. The van der Waals surface area contributed by atoms with Gasteiger partial charge in [-0.2, -0.15) is 0 Å². The summed E-state index contributed by atoms with van der Waals surface area (Å²) < 4.78 is 4.69. The minimum absolute atomic E-state index is 0.262. The van der Waals surface area contributed by atoms with E-state index in [1.165, 1.54) is 6.08 Å². The summed E-state index contributed by atoms with van der Waals surface area (Å²) in [6.45, 7) is 14.6. The SMILES string of the molecule is C=CCC.C=CCOC(=O)C(=C)CC. The number of ether oxygens (including phenoxy) is 1. The van der Waals surface area contributed by atoms with Crippen molar-refractivity contribution >= 4 is 5.97 Å². The minimum Gasteiger partial charge on any atom is -0.458 e. The van der Waals surface area contributed by atoms with Crippen molar-refractivity contribution in [1.82, 2.24) is 0 Å². The van der Waals surface area contributed by atoms with Gasteiger partial charge in [0.15, 0.2) is 0 Å². The summed E-state index contributed by atoms with van der Waals surface area (Å²) in [4.78, 5) is 10.8. The Bertz CT molecular complexity index is 192. The van der Waals surface area contributed by atoms with E-state index in [1.54, 1.807) is 0 Å². The first-order chi connectivity index (χ1) is 6.63. The molecule has 0 heterocycles. The van der Waals surface area contributed by atoms with E-state index < -0.39 is 0 Å². The fraction of sp³-hybridized carbons (Fsp3) is 0.417. The smallest absolute Gasteiger partial charge is 0.333 e. The zero-order valence-corrected chi connectivity index (χ0v) is 9.21.